The first-order chi connectivity index (χ1) is 17.9. The first-order valence-corrected chi connectivity index (χ1v) is 12.0. The van der Waals surface area contributed by atoms with Crippen LogP contribution in [-0.4, -0.2) is 51.1 Å². The van der Waals surface area contributed by atoms with E-state index in [0.29, 0.717) is 40.5 Å². The van der Waals surface area contributed by atoms with Gasteiger partial charge in [-0.1, -0.05) is 17.4 Å². The van der Waals surface area contributed by atoms with Crippen LogP contribution in [0.1, 0.15) is 27.5 Å². The Labute approximate surface area is 213 Å². The minimum Gasteiger partial charge on any atom is -0.507 e. The number of hydrogen-bond donors (Lipinski definition) is 2. The molecule has 37 heavy (non-hydrogen) atoms. The molecule has 2 N–H and O–H groups in total. The van der Waals surface area contributed by atoms with Crippen LogP contribution in [0.4, 0.5) is 5.13 Å². The van der Waals surface area contributed by atoms with Crippen molar-refractivity contribution >= 4 is 50.1 Å². The van der Waals surface area contributed by atoms with Crippen LogP contribution in [-0.2, 0) is 9.59 Å². The number of aliphatic hydroxyl groups is 1. The summed E-state index contributed by atoms with van der Waals surface area (Å²) < 4.78 is 11.7. The Kier molecular flexibility index (Phi) is 5.34. The normalized spacial score (nSPS) is 18.4. The lowest BCUT2D eigenvalue weighted by atomic mass is 9.96. The quantitative estimate of drug-likeness (QED) is 0.236. The molecule has 2 aromatic carbocycles. The molecule has 1 fully saturated rings. The minimum absolute atomic E-state index is 0.0761. The number of carboxylic acid groups (broad SMARTS) is 1. The first-order valence-electron chi connectivity index (χ1n) is 11.2. The van der Waals surface area contributed by atoms with Gasteiger partial charge in [0.2, 0.25) is 0 Å². The number of pyridine rings is 1. The largest absolute Gasteiger partial charge is 0.507 e. The molecule has 4 heterocycles. The van der Waals surface area contributed by atoms with Crippen molar-refractivity contribution < 1.29 is 34.1 Å². The molecule has 1 atom stereocenters. The summed E-state index contributed by atoms with van der Waals surface area (Å²) in [4.78, 5) is 48.0. The third kappa shape index (κ3) is 3.76. The van der Waals surface area contributed by atoms with Gasteiger partial charge in [0, 0.05) is 18.0 Å². The van der Waals surface area contributed by atoms with Crippen molar-refractivity contribution in [1.82, 2.24) is 9.97 Å². The Morgan fingerprint density at radius 1 is 1.00 bits per heavy atom. The van der Waals surface area contributed by atoms with E-state index in [4.69, 9.17) is 9.47 Å². The molecule has 1 unspecified atom stereocenters. The summed E-state index contributed by atoms with van der Waals surface area (Å²) >= 11 is 1.08. The summed E-state index contributed by atoms with van der Waals surface area (Å²) in [5.41, 5.74) is 1.20. The van der Waals surface area contributed by atoms with Gasteiger partial charge in [0.05, 0.1) is 27.4 Å². The summed E-state index contributed by atoms with van der Waals surface area (Å²) in [6.45, 7) is 0.749. The second-order valence-electron chi connectivity index (χ2n) is 8.30. The molecule has 10 nitrogen and oxygen atoms in total. The number of Topliss-reactive ketones (excluding diaryl/α,β-unsaturated/α-hetero) is 1. The average Bonchev–Trinajstić information content (AvgIpc) is 3.46. The van der Waals surface area contributed by atoms with Gasteiger partial charge in [0.25, 0.3) is 5.78 Å². The second-order valence-corrected chi connectivity index (χ2v) is 9.31. The van der Waals surface area contributed by atoms with Crippen LogP contribution in [0.2, 0.25) is 0 Å². The molecule has 2 aromatic heterocycles. The number of ether oxygens (including phenoxy) is 2. The Hall–Kier alpha value is -4.77. The van der Waals surface area contributed by atoms with E-state index >= 15 is 0 Å². The minimum atomic E-state index is -1.09. The fraction of sp³-hybridized carbons (Fsp3) is 0.115. The number of thiazole rings is 1. The maximum atomic E-state index is 13.4. The molecule has 2 aliphatic rings. The topological polar surface area (TPSA) is 139 Å². The lowest BCUT2D eigenvalue weighted by molar-refractivity contribution is -0.132. The zero-order chi connectivity index (χ0) is 25.7. The van der Waals surface area contributed by atoms with Gasteiger partial charge in [-0.3, -0.25) is 19.5 Å². The van der Waals surface area contributed by atoms with Crippen LogP contribution in [0.15, 0.2) is 66.5 Å². The van der Waals surface area contributed by atoms with Gasteiger partial charge in [-0.05, 0) is 48.0 Å². The van der Waals surface area contributed by atoms with E-state index < -0.39 is 23.7 Å². The van der Waals surface area contributed by atoms with Crippen molar-refractivity contribution in [2.24, 2.45) is 0 Å². The zero-order valence-corrected chi connectivity index (χ0v) is 19.8. The van der Waals surface area contributed by atoms with E-state index in [1.165, 1.54) is 23.2 Å². The number of carbonyl (C=O) groups excluding carboxylic acids is 2. The summed E-state index contributed by atoms with van der Waals surface area (Å²) in [6, 6.07) is 11.6. The van der Waals surface area contributed by atoms with Gasteiger partial charge in [-0.15, -0.1) is 0 Å². The summed E-state index contributed by atoms with van der Waals surface area (Å²) in [6.07, 6.45) is 3.07. The highest BCUT2D eigenvalue weighted by Gasteiger charge is 2.48. The number of anilines is 1. The van der Waals surface area contributed by atoms with E-state index in [-0.39, 0.29) is 27.6 Å². The van der Waals surface area contributed by atoms with Crippen LogP contribution >= 0.6 is 11.3 Å². The number of carboxylic acids is 1. The number of ketones is 1. The maximum Gasteiger partial charge on any atom is 0.335 e. The molecule has 6 rings (SSSR count). The molecule has 0 spiro atoms. The van der Waals surface area contributed by atoms with Gasteiger partial charge in [0.1, 0.15) is 19.0 Å². The fourth-order valence-corrected chi connectivity index (χ4v) is 5.41. The third-order valence-electron chi connectivity index (χ3n) is 6.09. The highest BCUT2D eigenvalue weighted by atomic mass is 32.1. The highest BCUT2D eigenvalue weighted by molar-refractivity contribution is 7.22. The molecule has 11 heteroatoms. The predicted molar refractivity (Wildman–Crippen MR) is 133 cm³/mol. The molecule has 2 aliphatic heterocycles. The Morgan fingerprint density at radius 2 is 1.78 bits per heavy atom. The van der Waals surface area contributed by atoms with Crippen LogP contribution in [0.5, 0.6) is 11.5 Å². The number of aromatic carboxylic acids is 1. The van der Waals surface area contributed by atoms with Gasteiger partial charge in [-0.25, -0.2) is 9.78 Å². The lowest BCUT2D eigenvalue weighted by Gasteiger charge is -2.23. The fourth-order valence-electron chi connectivity index (χ4n) is 4.38. The molecular formula is C26H17N3O7S. The molecule has 0 saturated carbocycles. The Balaban J connectivity index is 1.52. The first kappa shape index (κ1) is 22.7. The van der Waals surface area contributed by atoms with Crippen LogP contribution < -0.4 is 14.4 Å². The molecule has 184 valence electrons. The molecular weight excluding hydrogens is 498 g/mol. The second kappa shape index (κ2) is 8.71. The SMILES string of the molecule is O=C1C(=O)N(c2nc3ccc(C(=O)O)cc3s2)C(c2cccnc2)/C1=C(\O)c1ccc2c(c1)OCCO2. The van der Waals surface area contributed by atoms with Gasteiger partial charge in [0.15, 0.2) is 16.6 Å². The standard InChI is InChI=1S/C26H17N3O7S/c30-22(13-4-6-17-18(10-13)36-9-8-35-17)20-21(15-2-1-7-27-12-15)29(24(32)23(20)31)26-28-16-5-3-14(25(33)34)11-19(16)37-26/h1-7,10-12,21,30H,8-9H2,(H,33,34)/b22-20+. The van der Waals surface area contributed by atoms with Crippen LogP contribution in [0, 0.1) is 0 Å². The van der Waals surface area contributed by atoms with E-state index in [1.54, 1.807) is 42.6 Å². The average molecular weight is 516 g/mol. The number of hydrogen-bond acceptors (Lipinski definition) is 9. The summed E-state index contributed by atoms with van der Waals surface area (Å²) in [5, 5.41) is 20.8. The molecule has 4 aromatic rings. The van der Waals surface area contributed by atoms with Gasteiger partial charge >= 0.3 is 11.9 Å². The van der Waals surface area contributed by atoms with E-state index in [2.05, 4.69) is 9.97 Å². The molecule has 0 bridgehead atoms. The smallest absolute Gasteiger partial charge is 0.335 e. The number of fused-ring (bicyclic) bond motifs is 2. The Bertz CT molecular complexity index is 1630. The van der Waals surface area contributed by atoms with Crippen molar-refractivity contribution in [2.45, 2.75) is 6.04 Å². The molecule has 1 amide bonds. The number of aliphatic hydroxyl groups excluding tert-OH is 1. The van der Waals surface area contributed by atoms with E-state index in [1.807, 2.05) is 0 Å². The third-order valence-corrected chi connectivity index (χ3v) is 7.11. The van der Waals surface area contributed by atoms with Gasteiger partial charge in [-0.2, -0.15) is 0 Å². The highest BCUT2D eigenvalue weighted by Crippen LogP contribution is 2.45. The zero-order valence-electron chi connectivity index (χ0n) is 19.0. The summed E-state index contributed by atoms with van der Waals surface area (Å²) in [5.74, 6) is -2.28. The molecule has 0 aliphatic carbocycles. The van der Waals surface area contributed by atoms with Crippen molar-refractivity contribution in [3.8, 4) is 11.5 Å². The number of rotatable bonds is 4. The Morgan fingerprint density at radius 3 is 2.54 bits per heavy atom. The van der Waals surface area contributed by atoms with Crippen molar-refractivity contribution in [2.75, 3.05) is 18.1 Å². The predicted octanol–water partition coefficient (Wildman–Crippen LogP) is 3.79. The number of carbonyl (C=O) groups is 3. The van der Waals surface area contributed by atoms with Crippen molar-refractivity contribution in [1.29, 1.82) is 0 Å². The number of benzene rings is 2. The van der Waals surface area contributed by atoms with Crippen LogP contribution in [0.3, 0.4) is 0 Å². The molecule has 1 saturated heterocycles. The monoisotopic (exact) mass is 515 g/mol. The number of amides is 1. The maximum absolute atomic E-state index is 13.4. The van der Waals surface area contributed by atoms with Crippen molar-refractivity contribution in [3.63, 3.8) is 0 Å². The van der Waals surface area contributed by atoms with E-state index in [0.717, 1.165) is 11.3 Å². The van der Waals surface area contributed by atoms with E-state index in [9.17, 15) is 24.6 Å². The number of nitrogens with zero attached hydrogens (tertiary/aromatic N) is 3. The van der Waals surface area contributed by atoms with Gasteiger partial charge < -0.3 is 19.7 Å². The number of aromatic nitrogens is 2. The molecule has 0 radical (unpaired) electrons. The summed E-state index contributed by atoms with van der Waals surface area (Å²) in [7, 11) is 0. The lowest BCUT2D eigenvalue weighted by Crippen LogP contribution is -2.29. The van der Waals surface area contributed by atoms with Crippen LogP contribution in [0.25, 0.3) is 16.0 Å². The van der Waals surface area contributed by atoms with Crippen molar-refractivity contribution in [3.05, 3.63) is 83.2 Å².